The number of rotatable bonds is 8. The zero-order chi connectivity index (χ0) is 18.4. The predicted molar refractivity (Wildman–Crippen MR) is 101 cm³/mol. The van der Waals surface area contributed by atoms with Gasteiger partial charge in [-0.1, -0.05) is 12.1 Å². The second kappa shape index (κ2) is 8.53. The summed E-state index contributed by atoms with van der Waals surface area (Å²) in [5, 5.41) is 9.35. The van der Waals surface area contributed by atoms with Crippen molar-refractivity contribution in [3.05, 3.63) is 64.6 Å². The minimum absolute atomic E-state index is 0.0145. The van der Waals surface area contributed by atoms with Gasteiger partial charge in [-0.3, -0.25) is 9.48 Å². The number of nitrogens with zero attached hydrogens (tertiary/aromatic N) is 2. The Balaban J connectivity index is 1.64. The minimum atomic E-state index is -0.0501. The second-order valence-corrected chi connectivity index (χ2v) is 6.67. The van der Waals surface area contributed by atoms with Gasteiger partial charge in [0.25, 0.3) is 0 Å². The van der Waals surface area contributed by atoms with E-state index in [-0.39, 0.29) is 18.4 Å². The van der Waals surface area contributed by atoms with E-state index in [1.54, 1.807) is 37.8 Å². The van der Waals surface area contributed by atoms with Crippen molar-refractivity contribution in [2.75, 3.05) is 20.8 Å². The highest BCUT2D eigenvalue weighted by Crippen LogP contribution is 2.27. The summed E-state index contributed by atoms with van der Waals surface area (Å²) in [6, 6.07) is 11.4. The van der Waals surface area contributed by atoms with E-state index in [0.717, 1.165) is 10.4 Å². The van der Waals surface area contributed by atoms with Crippen molar-refractivity contribution in [3.8, 4) is 11.5 Å². The normalized spacial score (nSPS) is 11.8. The minimum Gasteiger partial charge on any atom is -0.493 e. The van der Waals surface area contributed by atoms with Gasteiger partial charge in [0.1, 0.15) is 6.04 Å². The zero-order valence-corrected chi connectivity index (χ0v) is 15.5. The van der Waals surface area contributed by atoms with E-state index in [2.05, 4.69) is 16.5 Å². The predicted octanol–water partition coefficient (Wildman–Crippen LogP) is 2.91. The molecule has 1 unspecified atom stereocenters. The Hall–Kier alpha value is -2.80. The van der Waals surface area contributed by atoms with Crippen molar-refractivity contribution < 1.29 is 14.3 Å². The lowest BCUT2D eigenvalue weighted by Gasteiger charge is -2.17. The van der Waals surface area contributed by atoms with Crippen LogP contribution in [0.1, 0.15) is 16.5 Å². The molecule has 1 N–H and O–H groups in total. The van der Waals surface area contributed by atoms with Crippen LogP contribution < -0.4 is 14.8 Å². The highest BCUT2D eigenvalue weighted by atomic mass is 32.1. The third kappa shape index (κ3) is 4.23. The largest absolute Gasteiger partial charge is 0.493 e. The molecule has 1 amide bonds. The SMILES string of the molecule is COc1ccc(CC(=O)NCC(c2cccs2)n2cccn2)cc1OC. The molecule has 7 heteroatoms. The van der Waals surface area contributed by atoms with Crippen LogP contribution in [0.2, 0.25) is 0 Å². The summed E-state index contributed by atoms with van der Waals surface area (Å²) in [4.78, 5) is 13.6. The Labute approximate surface area is 156 Å². The molecule has 0 saturated heterocycles. The molecule has 3 aromatic rings. The monoisotopic (exact) mass is 371 g/mol. The number of amides is 1. The maximum atomic E-state index is 12.4. The molecule has 2 aromatic heterocycles. The molecule has 6 nitrogen and oxygen atoms in total. The fourth-order valence-electron chi connectivity index (χ4n) is 2.72. The number of nitrogens with one attached hydrogen (secondary N) is 1. The first-order chi connectivity index (χ1) is 12.7. The summed E-state index contributed by atoms with van der Waals surface area (Å²) >= 11 is 1.65. The average molecular weight is 371 g/mol. The van der Waals surface area contributed by atoms with Gasteiger partial charge in [-0.05, 0) is 35.2 Å². The van der Waals surface area contributed by atoms with Crippen molar-refractivity contribution >= 4 is 17.2 Å². The van der Waals surface area contributed by atoms with Crippen molar-refractivity contribution in [1.29, 1.82) is 0 Å². The summed E-state index contributed by atoms with van der Waals surface area (Å²) in [6.45, 7) is 0.480. The van der Waals surface area contributed by atoms with Gasteiger partial charge in [0, 0.05) is 23.8 Å². The lowest BCUT2D eigenvalue weighted by molar-refractivity contribution is -0.120. The highest BCUT2D eigenvalue weighted by molar-refractivity contribution is 7.10. The topological polar surface area (TPSA) is 65.4 Å². The van der Waals surface area contributed by atoms with Gasteiger partial charge in [-0.25, -0.2) is 0 Å². The van der Waals surface area contributed by atoms with Gasteiger partial charge in [-0.15, -0.1) is 11.3 Å². The van der Waals surface area contributed by atoms with Crippen LogP contribution in [0, 0.1) is 0 Å². The molecule has 0 spiro atoms. The first-order valence-electron chi connectivity index (χ1n) is 8.21. The summed E-state index contributed by atoms with van der Waals surface area (Å²) in [6.07, 6.45) is 3.92. The van der Waals surface area contributed by atoms with E-state index in [0.29, 0.717) is 18.0 Å². The molecular formula is C19H21N3O3S. The van der Waals surface area contributed by atoms with Gasteiger partial charge < -0.3 is 14.8 Å². The van der Waals surface area contributed by atoms with Gasteiger partial charge in [0.05, 0.1) is 20.6 Å². The van der Waals surface area contributed by atoms with E-state index < -0.39 is 0 Å². The summed E-state index contributed by atoms with van der Waals surface area (Å²) < 4.78 is 12.4. The number of benzene rings is 1. The molecule has 0 bridgehead atoms. The molecule has 0 aliphatic heterocycles. The van der Waals surface area contributed by atoms with Crippen LogP contribution >= 0.6 is 11.3 Å². The molecule has 0 fully saturated rings. The fraction of sp³-hybridized carbons (Fsp3) is 0.263. The first-order valence-corrected chi connectivity index (χ1v) is 9.09. The quantitative estimate of drug-likeness (QED) is 0.661. The van der Waals surface area contributed by atoms with Gasteiger partial charge in [0.15, 0.2) is 11.5 Å². The molecule has 1 aromatic carbocycles. The highest BCUT2D eigenvalue weighted by Gasteiger charge is 2.16. The van der Waals surface area contributed by atoms with Crippen molar-refractivity contribution in [2.24, 2.45) is 0 Å². The number of ether oxygens (including phenoxy) is 2. The summed E-state index contributed by atoms with van der Waals surface area (Å²) in [5.41, 5.74) is 0.868. The Kier molecular flexibility index (Phi) is 5.91. The molecule has 0 aliphatic carbocycles. The number of hydrogen-bond donors (Lipinski definition) is 1. The third-order valence-electron chi connectivity index (χ3n) is 4.02. The van der Waals surface area contributed by atoms with E-state index >= 15 is 0 Å². The number of thiophene rings is 1. The van der Waals surface area contributed by atoms with Crippen LogP contribution in [0.5, 0.6) is 11.5 Å². The van der Waals surface area contributed by atoms with Crippen molar-refractivity contribution in [1.82, 2.24) is 15.1 Å². The lowest BCUT2D eigenvalue weighted by Crippen LogP contribution is -2.32. The van der Waals surface area contributed by atoms with Crippen LogP contribution in [0.4, 0.5) is 0 Å². The number of hydrogen-bond acceptors (Lipinski definition) is 5. The van der Waals surface area contributed by atoms with Crippen LogP contribution in [-0.4, -0.2) is 36.5 Å². The Bertz CT molecular complexity index is 798. The summed E-state index contributed by atoms with van der Waals surface area (Å²) in [7, 11) is 3.17. The molecule has 0 radical (unpaired) electrons. The summed E-state index contributed by atoms with van der Waals surface area (Å²) in [5.74, 6) is 1.21. The molecule has 0 saturated carbocycles. The molecule has 2 heterocycles. The van der Waals surface area contributed by atoms with E-state index in [1.807, 2.05) is 40.5 Å². The van der Waals surface area contributed by atoms with Gasteiger partial charge in [-0.2, -0.15) is 5.10 Å². The fourth-order valence-corrected chi connectivity index (χ4v) is 3.54. The van der Waals surface area contributed by atoms with Crippen LogP contribution in [0.15, 0.2) is 54.2 Å². The third-order valence-corrected chi connectivity index (χ3v) is 4.99. The van der Waals surface area contributed by atoms with Crippen LogP contribution in [-0.2, 0) is 11.2 Å². The Morgan fingerprint density at radius 2 is 2.08 bits per heavy atom. The molecular weight excluding hydrogens is 350 g/mol. The standard InChI is InChI=1S/C19H21N3O3S/c1-24-16-7-6-14(11-17(16)25-2)12-19(23)20-13-15(18-5-3-10-26-18)22-9-4-8-21-22/h3-11,15H,12-13H2,1-2H3,(H,20,23). The smallest absolute Gasteiger partial charge is 0.224 e. The average Bonchev–Trinajstić information content (AvgIpc) is 3.36. The number of carbonyl (C=O) groups is 1. The molecule has 3 rings (SSSR count). The second-order valence-electron chi connectivity index (χ2n) is 5.69. The molecule has 26 heavy (non-hydrogen) atoms. The van der Waals surface area contributed by atoms with E-state index in [9.17, 15) is 4.79 Å². The number of carbonyl (C=O) groups excluding carboxylic acids is 1. The number of methoxy groups -OCH3 is 2. The Morgan fingerprint density at radius 1 is 1.23 bits per heavy atom. The first kappa shape index (κ1) is 18.0. The van der Waals surface area contributed by atoms with Crippen molar-refractivity contribution in [2.45, 2.75) is 12.5 Å². The maximum absolute atomic E-state index is 12.4. The Morgan fingerprint density at radius 3 is 2.73 bits per heavy atom. The van der Waals surface area contributed by atoms with Gasteiger partial charge >= 0.3 is 0 Å². The maximum Gasteiger partial charge on any atom is 0.224 e. The van der Waals surface area contributed by atoms with Crippen molar-refractivity contribution in [3.63, 3.8) is 0 Å². The zero-order valence-electron chi connectivity index (χ0n) is 14.7. The lowest BCUT2D eigenvalue weighted by atomic mass is 10.1. The van der Waals surface area contributed by atoms with Gasteiger partial charge in [0.2, 0.25) is 5.91 Å². The molecule has 1 atom stereocenters. The van der Waals surface area contributed by atoms with Crippen LogP contribution in [0.25, 0.3) is 0 Å². The molecule has 0 aliphatic rings. The van der Waals surface area contributed by atoms with E-state index in [1.165, 1.54) is 0 Å². The number of aromatic nitrogens is 2. The van der Waals surface area contributed by atoms with E-state index in [4.69, 9.17) is 9.47 Å². The van der Waals surface area contributed by atoms with Crippen LogP contribution in [0.3, 0.4) is 0 Å². The molecule has 136 valence electrons.